The fourth-order valence-corrected chi connectivity index (χ4v) is 6.13. The van der Waals surface area contributed by atoms with E-state index >= 15 is 0 Å². The molecule has 0 spiro atoms. The van der Waals surface area contributed by atoms with Gasteiger partial charge in [0.2, 0.25) is 0 Å². The first kappa shape index (κ1) is 30.0. The van der Waals surface area contributed by atoms with Crippen molar-refractivity contribution in [2.75, 3.05) is 16.3 Å². The predicted octanol–water partition coefficient (Wildman–Crippen LogP) is 11.7. The molecule has 0 atom stereocenters. The van der Waals surface area contributed by atoms with E-state index in [1.165, 1.54) is 61.6 Å². The summed E-state index contributed by atoms with van der Waals surface area (Å²) in [6, 6.07) is 42.2. The first-order valence-electron chi connectivity index (χ1n) is 15.9. The van der Waals surface area contributed by atoms with Crippen LogP contribution in [0.2, 0.25) is 0 Å². The quantitative estimate of drug-likeness (QED) is 0.150. The average Bonchev–Trinajstić information content (AvgIpc) is 3.39. The molecular formula is C43H42N2. The second-order valence-electron chi connectivity index (χ2n) is 12.2. The third kappa shape index (κ3) is 6.71. The summed E-state index contributed by atoms with van der Waals surface area (Å²) in [5.41, 5.74) is 16.4. The third-order valence-corrected chi connectivity index (χ3v) is 8.66. The highest BCUT2D eigenvalue weighted by Gasteiger charge is 2.22. The van der Waals surface area contributed by atoms with Gasteiger partial charge >= 0.3 is 0 Å². The lowest BCUT2D eigenvalue weighted by Crippen LogP contribution is -2.16. The lowest BCUT2D eigenvalue weighted by molar-refractivity contribution is 1.09. The van der Waals surface area contributed by atoms with Crippen LogP contribution < -0.4 is 9.80 Å². The summed E-state index contributed by atoms with van der Waals surface area (Å²) in [5.74, 6) is 0. The molecule has 0 aliphatic heterocycles. The van der Waals surface area contributed by atoms with Gasteiger partial charge in [0.15, 0.2) is 0 Å². The smallest absolute Gasteiger partial charge is 0.0464 e. The topological polar surface area (TPSA) is 6.48 Å². The van der Waals surface area contributed by atoms with Gasteiger partial charge in [-0.2, -0.15) is 0 Å². The zero-order chi connectivity index (χ0) is 31.3. The number of fused-ring (bicyclic) bond motifs is 1. The van der Waals surface area contributed by atoms with Crippen LogP contribution >= 0.6 is 0 Å². The molecule has 0 N–H and O–H groups in total. The van der Waals surface area contributed by atoms with Gasteiger partial charge in [-0.05, 0) is 118 Å². The summed E-state index contributed by atoms with van der Waals surface area (Å²) in [6.45, 7) is 13.4. The maximum atomic E-state index is 4.09. The normalized spacial score (nSPS) is 12.4. The molecule has 0 aromatic heterocycles. The van der Waals surface area contributed by atoms with E-state index in [-0.39, 0.29) is 0 Å². The van der Waals surface area contributed by atoms with Crippen LogP contribution in [0.4, 0.5) is 28.4 Å². The fraction of sp³-hybridized carbons (Fsp3) is 0.163. The lowest BCUT2D eigenvalue weighted by atomic mass is 10.0. The van der Waals surface area contributed by atoms with Crippen molar-refractivity contribution in [3.05, 3.63) is 179 Å². The van der Waals surface area contributed by atoms with Crippen molar-refractivity contribution < 1.29 is 0 Å². The molecule has 5 aromatic rings. The van der Waals surface area contributed by atoms with Gasteiger partial charge in [-0.25, -0.2) is 0 Å². The Labute approximate surface area is 269 Å². The maximum absolute atomic E-state index is 4.09. The molecule has 0 saturated carbocycles. The molecule has 2 heteroatoms. The van der Waals surface area contributed by atoms with E-state index in [0.29, 0.717) is 0 Å². The minimum Gasteiger partial charge on any atom is -0.338 e. The molecule has 2 nitrogen and oxygen atoms in total. The second kappa shape index (κ2) is 13.3. The number of hydrogen-bond donors (Lipinski definition) is 0. The summed E-state index contributed by atoms with van der Waals surface area (Å²) in [6.07, 6.45) is 8.49. The van der Waals surface area contributed by atoms with Crippen molar-refractivity contribution in [3.8, 4) is 0 Å². The first-order chi connectivity index (χ1) is 21.9. The number of hydrogen-bond acceptors (Lipinski definition) is 2. The molecule has 0 heterocycles. The summed E-state index contributed by atoms with van der Waals surface area (Å²) >= 11 is 0. The highest BCUT2D eigenvalue weighted by atomic mass is 15.1. The minimum absolute atomic E-state index is 0.777. The Kier molecular flexibility index (Phi) is 8.84. The molecule has 5 aromatic carbocycles. The molecule has 45 heavy (non-hydrogen) atoms. The predicted molar refractivity (Wildman–Crippen MR) is 195 cm³/mol. The van der Waals surface area contributed by atoms with Crippen LogP contribution in [0.3, 0.4) is 0 Å². The van der Waals surface area contributed by atoms with Gasteiger partial charge in [-0.1, -0.05) is 101 Å². The molecule has 0 radical (unpaired) electrons. The van der Waals surface area contributed by atoms with E-state index in [9.17, 15) is 0 Å². The minimum atomic E-state index is 0.777. The van der Waals surface area contributed by atoms with Crippen molar-refractivity contribution in [1.82, 2.24) is 0 Å². The van der Waals surface area contributed by atoms with E-state index in [0.717, 1.165) is 30.8 Å². The summed E-state index contributed by atoms with van der Waals surface area (Å²) < 4.78 is 0. The van der Waals surface area contributed by atoms with Gasteiger partial charge in [-0.3, -0.25) is 0 Å². The standard InChI is InChI=1S/C43H42N2/c1-6-8-35-29-36-30-41(45(39-22-14-33(4)15-23-39)40-24-16-34(5)17-25-40)26-27-43(36)42(35)9-7-28-44(37-18-10-31(2)11-19-37)38-20-12-32(3)13-21-38/h6-7,9-27,30H,1,8,28-29H2,2-5H3/b9-7-. The Morgan fingerprint density at radius 2 is 1.02 bits per heavy atom. The monoisotopic (exact) mass is 586 g/mol. The van der Waals surface area contributed by atoms with E-state index in [4.69, 9.17) is 0 Å². The molecule has 0 unspecified atom stereocenters. The summed E-state index contributed by atoms with van der Waals surface area (Å²) in [7, 11) is 0. The van der Waals surface area contributed by atoms with Crippen LogP contribution in [0.25, 0.3) is 5.57 Å². The zero-order valence-corrected chi connectivity index (χ0v) is 26.9. The van der Waals surface area contributed by atoms with E-state index in [1.807, 2.05) is 6.08 Å². The zero-order valence-electron chi connectivity index (χ0n) is 26.9. The van der Waals surface area contributed by atoms with Crippen LogP contribution in [-0.4, -0.2) is 6.54 Å². The maximum Gasteiger partial charge on any atom is 0.0464 e. The first-order valence-corrected chi connectivity index (χ1v) is 15.9. The van der Waals surface area contributed by atoms with Gasteiger partial charge in [-0.15, -0.1) is 6.58 Å². The SMILES string of the molecule is C=CCC1=C(/C=C\CN(c2ccc(C)cc2)c2ccc(C)cc2)c2ccc(N(c3ccc(C)cc3)c3ccc(C)cc3)cc2C1. The van der Waals surface area contributed by atoms with E-state index in [1.54, 1.807) is 0 Å². The van der Waals surface area contributed by atoms with Gasteiger partial charge in [0.05, 0.1) is 0 Å². The van der Waals surface area contributed by atoms with Crippen molar-refractivity contribution in [3.63, 3.8) is 0 Å². The van der Waals surface area contributed by atoms with Crippen LogP contribution in [-0.2, 0) is 6.42 Å². The van der Waals surface area contributed by atoms with E-state index < -0.39 is 0 Å². The Morgan fingerprint density at radius 1 is 0.578 bits per heavy atom. The second-order valence-corrected chi connectivity index (χ2v) is 12.2. The van der Waals surface area contributed by atoms with Crippen LogP contribution in [0.15, 0.2) is 146 Å². The van der Waals surface area contributed by atoms with Crippen molar-refractivity contribution >= 4 is 34.0 Å². The molecule has 0 amide bonds. The highest BCUT2D eigenvalue weighted by molar-refractivity contribution is 5.86. The molecular weight excluding hydrogens is 544 g/mol. The third-order valence-electron chi connectivity index (χ3n) is 8.66. The number of rotatable bonds is 10. The lowest BCUT2D eigenvalue weighted by Gasteiger charge is -2.26. The molecule has 224 valence electrons. The number of aryl methyl sites for hydroxylation is 4. The van der Waals surface area contributed by atoms with Crippen molar-refractivity contribution in [2.24, 2.45) is 0 Å². The largest absolute Gasteiger partial charge is 0.338 e. The van der Waals surface area contributed by atoms with Crippen molar-refractivity contribution in [2.45, 2.75) is 40.5 Å². The van der Waals surface area contributed by atoms with Crippen LogP contribution in [0, 0.1) is 27.7 Å². The number of nitrogens with zero attached hydrogens (tertiary/aromatic N) is 2. The fourth-order valence-electron chi connectivity index (χ4n) is 6.13. The van der Waals surface area contributed by atoms with Crippen molar-refractivity contribution in [1.29, 1.82) is 0 Å². The van der Waals surface area contributed by atoms with Crippen LogP contribution in [0.5, 0.6) is 0 Å². The Balaban J connectivity index is 1.33. The average molecular weight is 587 g/mol. The molecule has 1 aliphatic rings. The van der Waals surface area contributed by atoms with Gasteiger partial charge in [0, 0.05) is 35.0 Å². The molecule has 1 aliphatic carbocycles. The molecule has 0 fully saturated rings. The summed E-state index contributed by atoms with van der Waals surface area (Å²) in [5, 5.41) is 0. The van der Waals surface area contributed by atoms with Gasteiger partial charge < -0.3 is 9.80 Å². The Morgan fingerprint density at radius 3 is 1.49 bits per heavy atom. The Bertz CT molecular complexity index is 1750. The Hall–Kier alpha value is -5.08. The van der Waals surface area contributed by atoms with Gasteiger partial charge in [0.1, 0.15) is 0 Å². The molecule has 6 rings (SSSR count). The molecule has 0 bridgehead atoms. The van der Waals surface area contributed by atoms with Crippen LogP contribution in [0.1, 0.15) is 39.8 Å². The number of benzene rings is 5. The highest BCUT2D eigenvalue weighted by Crippen LogP contribution is 2.41. The number of allylic oxidation sites excluding steroid dienone is 4. The molecule has 0 saturated heterocycles. The number of anilines is 5. The van der Waals surface area contributed by atoms with Gasteiger partial charge in [0.25, 0.3) is 0 Å². The van der Waals surface area contributed by atoms with E-state index in [2.05, 4.69) is 171 Å². The summed E-state index contributed by atoms with van der Waals surface area (Å²) in [4.78, 5) is 4.74.